The molecule has 0 aromatic heterocycles. The third kappa shape index (κ3) is 5.97. The lowest BCUT2D eigenvalue weighted by atomic mass is 9.82. The second-order valence-corrected chi connectivity index (χ2v) is 8.61. The maximum absolute atomic E-state index is 12.5. The van der Waals surface area contributed by atoms with Crippen molar-refractivity contribution < 1.29 is 4.79 Å². The Bertz CT molecular complexity index is 513. The molecule has 1 heterocycles. The summed E-state index contributed by atoms with van der Waals surface area (Å²) in [6.45, 7) is 2.70. The summed E-state index contributed by atoms with van der Waals surface area (Å²) in [6, 6.07) is 0.558. The Morgan fingerprint density at radius 2 is 1.96 bits per heavy atom. The van der Waals surface area contributed by atoms with Gasteiger partial charge in [0.05, 0.1) is 0 Å². The SMILES string of the molecule is O=C(CCCCNC(=S)NC1CCCCC1)N1CCC2CCCC=C2C1. The van der Waals surface area contributed by atoms with E-state index in [2.05, 4.69) is 21.6 Å². The van der Waals surface area contributed by atoms with Gasteiger partial charge < -0.3 is 15.5 Å². The largest absolute Gasteiger partial charge is 0.363 e. The lowest BCUT2D eigenvalue weighted by Gasteiger charge is -2.36. The van der Waals surface area contributed by atoms with Gasteiger partial charge in [0.1, 0.15) is 0 Å². The van der Waals surface area contributed by atoms with E-state index in [1.807, 2.05) is 0 Å². The van der Waals surface area contributed by atoms with Crippen LogP contribution in [0.15, 0.2) is 11.6 Å². The summed E-state index contributed by atoms with van der Waals surface area (Å²) in [4.78, 5) is 14.6. The summed E-state index contributed by atoms with van der Waals surface area (Å²) >= 11 is 5.39. The summed E-state index contributed by atoms with van der Waals surface area (Å²) in [5, 5.41) is 7.53. The van der Waals surface area contributed by atoms with E-state index in [0.717, 1.165) is 43.5 Å². The number of hydrogen-bond acceptors (Lipinski definition) is 2. The highest BCUT2D eigenvalue weighted by Gasteiger charge is 2.27. The van der Waals surface area contributed by atoms with Crippen molar-refractivity contribution in [2.45, 2.75) is 83.1 Å². The molecule has 1 amide bonds. The van der Waals surface area contributed by atoms with Crippen molar-refractivity contribution in [3.8, 4) is 0 Å². The number of fused-ring (bicyclic) bond motifs is 1. The van der Waals surface area contributed by atoms with Gasteiger partial charge in [-0.05, 0) is 69.5 Å². The molecule has 0 spiro atoms. The van der Waals surface area contributed by atoms with E-state index in [1.165, 1.54) is 63.4 Å². The molecule has 3 rings (SSSR count). The predicted octanol–water partition coefficient (Wildman–Crippen LogP) is 3.91. The second kappa shape index (κ2) is 10.3. The van der Waals surface area contributed by atoms with Crippen LogP contribution in [0.1, 0.15) is 77.0 Å². The van der Waals surface area contributed by atoms with Gasteiger partial charge in [-0.1, -0.05) is 30.9 Å². The second-order valence-electron chi connectivity index (χ2n) is 8.20. The van der Waals surface area contributed by atoms with Crippen LogP contribution in [0.3, 0.4) is 0 Å². The molecule has 2 aliphatic carbocycles. The fraction of sp³-hybridized carbons (Fsp3) is 0.810. The number of piperidine rings is 1. The van der Waals surface area contributed by atoms with Crippen molar-refractivity contribution in [2.24, 2.45) is 5.92 Å². The molecule has 0 bridgehead atoms. The third-order valence-electron chi connectivity index (χ3n) is 6.20. The van der Waals surface area contributed by atoms with Gasteiger partial charge >= 0.3 is 0 Å². The molecule has 1 aliphatic heterocycles. The fourth-order valence-corrected chi connectivity index (χ4v) is 4.86. The van der Waals surface area contributed by atoms with Crippen LogP contribution in [0.25, 0.3) is 0 Å². The Hall–Kier alpha value is -1.10. The maximum atomic E-state index is 12.5. The molecule has 0 radical (unpaired) electrons. The van der Waals surface area contributed by atoms with Crippen LogP contribution in [0.4, 0.5) is 0 Å². The van der Waals surface area contributed by atoms with Crippen LogP contribution >= 0.6 is 12.2 Å². The van der Waals surface area contributed by atoms with Crippen LogP contribution in [-0.4, -0.2) is 41.6 Å². The highest BCUT2D eigenvalue weighted by Crippen LogP contribution is 2.32. The van der Waals surface area contributed by atoms with Crippen molar-refractivity contribution in [1.29, 1.82) is 0 Å². The van der Waals surface area contributed by atoms with Gasteiger partial charge in [-0.25, -0.2) is 0 Å². The van der Waals surface area contributed by atoms with Crippen LogP contribution in [0.2, 0.25) is 0 Å². The van der Waals surface area contributed by atoms with E-state index in [0.29, 0.717) is 18.4 Å². The molecule has 0 aromatic rings. The van der Waals surface area contributed by atoms with Gasteiger partial charge in [-0.15, -0.1) is 0 Å². The number of hydrogen-bond donors (Lipinski definition) is 2. The Labute approximate surface area is 164 Å². The minimum atomic E-state index is 0.331. The number of thiocarbonyl (C=S) groups is 1. The Morgan fingerprint density at radius 3 is 2.81 bits per heavy atom. The van der Waals surface area contributed by atoms with Crippen molar-refractivity contribution >= 4 is 23.2 Å². The number of carbonyl (C=O) groups is 1. The smallest absolute Gasteiger partial charge is 0.222 e. The van der Waals surface area contributed by atoms with Crippen LogP contribution in [0, 0.1) is 5.92 Å². The zero-order valence-electron chi connectivity index (χ0n) is 16.1. The highest BCUT2D eigenvalue weighted by atomic mass is 32.1. The van der Waals surface area contributed by atoms with Crippen molar-refractivity contribution in [1.82, 2.24) is 15.5 Å². The number of amides is 1. The molecule has 2 N–H and O–H groups in total. The van der Waals surface area contributed by atoms with E-state index in [9.17, 15) is 4.79 Å². The first-order valence-electron chi connectivity index (χ1n) is 10.7. The number of likely N-dealkylation sites (tertiary alicyclic amines) is 1. The van der Waals surface area contributed by atoms with E-state index in [1.54, 1.807) is 0 Å². The molecule has 146 valence electrons. The summed E-state index contributed by atoms with van der Waals surface area (Å²) in [6.07, 6.45) is 16.5. The first kappa shape index (κ1) is 19.7. The third-order valence-corrected chi connectivity index (χ3v) is 6.47. The predicted molar refractivity (Wildman–Crippen MR) is 111 cm³/mol. The van der Waals surface area contributed by atoms with Gasteiger partial charge in [-0.3, -0.25) is 4.79 Å². The molecule has 5 heteroatoms. The van der Waals surface area contributed by atoms with Crippen molar-refractivity contribution in [2.75, 3.05) is 19.6 Å². The first-order valence-corrected chi connectivity index (χ1v) is 11.1. The lowest BCUT2D eigenvalue weighted by Crippen LogP contribution is -2.43. The lowest BCUT2D eigenvalue weighted by molar-refractivity contribution is -0.131. The van der Waals surface area contributed by atoms with E-state index in [4.69, 9.17) is 12.2 Å². The maximum Gasteiger partial charge on any atom is 0.222 e. The molecule has 1 atom stereocenters. The molecule has 1 unspecified atom stereocenters. The monoisotopic (exact) mass is 377 g/mol. The average molecular weight is 378 g/mol. The molecule has 1 saturated carbocycles. The molecule has 1 saturated heterocycles. The summed E-state index contributed by atoms with van der Waals surface area (Å²) in [7, 11) is 0. The van der Waals surface area contributed by atoms with Crippen molar-refractivity contribution in [3.63, 3.8) is 0 Å². The molecular weight excluding hydrogens is 342 g/mol. The summed E-state index contributed by atoms with van der Waals surface area (Å²) < 4.78 is 0. The first-order chi connectivity index (χ1) is 12.7. The molecule has 4 nitrogen and oxygen atoms in total. The molecular formula is C21H35N3OS. The minimum absolute atomic E-state index is 0.331. The minimum Gasteiger partial charge on any atom is -0.363 e. The molecule has 0 aromatic carbocycles. The van der Waals surface area contributed by atoms with Gasteiger partial charge in [0, 0.05) is 32.1 Å². The Balaban J connectivity index is 1.26. The van der Waals surface area contributed by atoms with E-state index < -0.39 is 0 Å². The van der Waals surface area contributed by atoms with Crippen LogP contribution in [-0.2, 0) is 4.79 Å². The Morgan fingerprint density at radius 1 is 1.12 bits per heavy atom. The molecule has 26 heavy (non-hydrogen) atoms. The van der Waals surface area contributed by atoms with Gasteiger partial charge in [0.2, 0.25) is 5.91 Å². The summed E-state index contributed by atoms with van der Waals surface area (Å²) in [5.41, 5.74) is 1.52. The number of unbranched alkanes of at least 4 members (excludes halogenated alkanes) is 1. The van der Waals surface area contributed by atoms with Gasteiger partial charge in [-0.2, -0.15) is 0 Å². The highest BCUT2D eigenvalue weighted by molar-refractivity contribution is 7.80. The number of allylic oxidation sites excluding steroid dienone is 1. The normalized spacial score (nSPS) is 23.8. The average Bonchev–Trinajstić information content (AvgIpc) is 2.68. The number of rotatable bonds is 6. The quantitative estimate of drug-likeness (QED) is 0.418. The van der Waals surface area contributed by atoms with Gasteiger partial charge in [0.25, 0.3) is 0 Å². The molecule has 2 fully saturated rings. The van der Waals surface area contributed by atoms with Crippen LogP contribution < -0.4 is 10.6 Å². The Kier molecular flexibility index (Phi) is 7.78. The standard InChI is InChI=1S/C21H35N3OS/c25-20(24-15-13-17-8-4-5-9-18(17)16-24)12-6-7-14-22-21(26)23-19-10-2-1-3-11-19/h9,17,19H,1-8,10-16H2,(H2,22,23,26). The van der Waals surface area contributed by atoms with E-state index in [-0.39, 0.29) is 0 Å². The fourth-order valence-electron chi connectivity index (χ4n) is 4.60. The molecule has 3 aliphatic rings. The topological polar surface area (TPSA) is 44.4 Å². The summed E-state index contributed by atoms with van der Waals surface area (Å²) in [5.74, 6) is 1.09. The number of carbonyl (C=O) groups excluding carboxylic acids is 1. The van der Waals surface area contributed by atoms with Crippen LogP contribution in [0.5, 0.6) is 0 Å². The van der Waals surface area contributed by atoms with Crippen molar-refractivity contribution in [3.05, 3.63) is 11.6 Å². The van der Waals surface area contributed by atoms with Gasteiger partial charge in [0.15, 0.2) is 5.11 Å². The van der Waals surface area contributed by atoms with E-state index >= 15 is 0 Å². The number of nitrogens with zero attached hydrogens (tertiary/aromatic N) is 1. The number of nitrogens with one attached hydrogen (secondary N) is 2. The zero-order valence-corrected chi connectivity index (χ0v) is 16.9. The zero-order chi connectivity index (χ0) is 18.2.